The van der Waals surface area contributed by atoms with Crippen LogP contribution in [-0.2, 0) is 0 Å². The molecule has 0 unspecified atom stereocenters. The topological polar surface area (TPSA) is 81.7 Å². The Labute approximate surface area is 167 Å². The standard InChI is InChI=1S/C21H20FN3O4/c1-27-18-9-14(10-19(28-2)20(18)29-3)25-21(26)13-8-15(12-23-11-13)24-17-7-5-4-6-16(17)22/h4-12,24H,1-3H3,(H,25,26). The molecule has 8 heteroatoms. The first-order chi connectivity index (χ1) is 14.0. The van der Waals surface area contributed by atoms with Gasteiger partial charge in [-0.3, -0.25) is 9.78 Å². The first-order valence-corrected chi connectivity index (χ1v) is 8.63. The predicted molar refractivity (Wildman–Crippen MR) is 108 cm³/mol. The molecule has 0 fully saturated rings. The lowest BCUT2D eigenvalue weighted by atomic mass is 10.2. The molecule has 1 aromatic heterocycles. The molecule has 150 valence electrons. The van der Waals surface area contributed by atoms with Crippen LogP contribution < -0.4 is 24.8 Å². The van der Waals surface area contributed by atoms with Crippen LogP contribution in [0.15, 0.2) is 54.9 Å². The SMILES string of the molecule is COc1cc(NC(=O)c2cncc(Nc3ccccc3F)c2)cc(OC)c1OC. The molecule has 0 spiro atoms. The van der Waals surface area contributed by atoms with Crippen LogP contribution >= 0.6 is 0 Å². The zero-order chi connectivity index (χ0) is 20.8. The second-order valence-electron chi connectivity index (χ2n) is 5.94. The van der Waals surface area contributed by atoms with Crippen LogP contribution in [0.3, 0.4) is 0 Å². The smallest absolute Gasteiger partial charge is 0.257 e. The quantitative estimate of drug-likeness (QED) is 0.621. The highest BCUT2D eigenvalue weighted by Crippen LogP contribution is 2.40. The fourth-order valence-electron chi connectivity index (χ4n) is 2.71. The molecule has 0 saturated carbocycles. The van der Waals surface area contributed by atoms with Crippen LogP contribution in [0.2, 0.25) is 0 Å². The molecule has 7 nitrogen and oxygen atoms in total. The maximum Gasteiger partial charge on any atom is 0.257 e. The third kappa shape index (κ3) is 4.55. The summed E-state index contributed by atoms with van der Waals surface area (Å²) in [5.74, 6) is 0.444. The van der Waals surface area contributed by atoms with Gasteiger partial charge in [0, 0.05) is 24.0 Å². The number of rotatable bonds is 7. The van der Waals surface area contributed by atoms with Crippen LogP contribution in [-0.4, -0.2) is 32.2 Å². The van der Waals surface area contributed by atoms with Gasteiger partial charge in [0.1, 0.15) is 5.82 Å². The molecule has 29 heavy (non-hydrogen) atoms. The number of nitrogens with zero attached hydrogens (tertiary/aromatic N) is 1. The number of aromatic nitrogens is 1. The number of benzene rings is 2. The number of hydrogen-bond acceptors (Lipinski definition) is 6. The largest absolute Gasteiger partial charge is 0.493 e. The highest BCUT2D eigenvalue weighted by Gasteiger charge is 2.15. The molecule has 0 atom stereocenters. The van der Waals surface area contributed by atoms with Gasteiger partial charge in [0.05, 0.1) is 44.5 Å². The summed E-state index contributed by atoms with van der Waals surface area (Å²) in [6.07, 6.45) is 2.92. The lowest BCUT2D eigenvalue weighted by Gasteiger charge is -2.15. The minimum absolute atomic E-state index is 0.288. The third-order valence-electron chi connectivity index (χ3n) is 4.08. The summed E-state index contributed by atoms with van der Waals surface area (Å²) >= 11 is 0. The zero-order valence-corrected chi connectivity index (χ0v) is 16.2. The number of anilines is 3. The van der Waals surface area contributed by atoms with Gasteiger partial charge in [0.25, 0.3) is 5.91 Å². The second-order valence-corrected chi connectivity index (χ2v) is 5.94. The van der Waals surface area contributed by atoms with Crippen molar-refractivity contribution in [2.45, 2.75) is 0 Å². The van der Waals surface area contributed by atoms with Crippen molar-refractivity contribution in [3.63, 3.8) is 0 Å². The molecule has 0 saturated heterocycles. The van der Waals surface area contributed by atoms with E-state index in [9.17, 15) is 9.18 Å². The van der Waals surface area contributed by atoms with Gasteiger partial charge in [-0.05, 0) is 18.2 Å². The molecule has 2 N–H and O–H groups in total. The van der Waals surface area contributed by atoms with Crippen molar-refractivity contribution in [2.75, 3.05) is 32.0 Å². The van der Waals surface area contributed by atoms with Gasteiger partial charge in [-0.15, -0.1) is 0 Å². The Morgan fingerprint density at radius 2 is 1.62 bits per heavy atom. The normalized spacial score (nSPS) is 10.2. The molecule has 0 aliphatic carbocycles. The van der Waals surface area contributed by atoms with Crippen molar-refractivity contribution in [3.8, 4) is 17.2 Å². The molecule has 3 rings (SSSR count). The molecule has 1 heterocycles. The van der Waals surface area contributed by atoms with Gasteiger partial charge in [-0.1, -0.05) is 12.1 Å². The van der Waals surface area contributed by atoms with Gasteiger partial charge in [-0.2, -0.15) is 0 Å². The number of halogens is 1. The fourth-order valence-corrected chi connectivity index (χ4v) is 2.71. The number of carbonyl (C=O) groups excluding carboxylic acids is 1. The highest BCUT2D eigenvalue weighted by atomic mass is 19.1. The highest BCUT2D eigenvalue weighted by molar-refractivity contribution is 6.05. The Balaban J connectivity index is 1.82. The minimum Gasteiger partial charge on any atom is -0.493 e. The lowest BCUT2D eigenvalue weighted by Crippen LogP contribution is -2.13. The van der Waals surface area contributed by atoms with E-state index in [1.807, 2.05) is 0 Å². The Hall–Kier alpha value is -3.81. The van der Waals surface area contributed by atoms with Crippen molar-refractivity contribution >= 4 is 23.0 Å². The van der Waals surface area contributed by atoms with Crippen molar-refractivity contribution < 1.29 is 23.4 Å². The number of pyridine rings is 1. The molecule has 1 amide bonds. The summed E-state index contributed by atoms with van der Waals surface area (Å²) in [6.45, 7) is 0. The van der Waals surface area contributed by atoms with E-state index < -0.39 is 11.7 Å². The zero-order valence-electron chi connectivity index (χ0n) is 16.2. The number of methoxy groups -OCH3 is 3. The number of hydrogen-bond donors (Lipinski definition) is 2. The molecule has 0 bridgehead atoms. The Bertz CT molecular complexity index is 1000. The Morgan fingerprint density at radius 3 is 2.24 bits per heavy atom. The van der Waals surface area contributed by atoms with E-state index in [0.717, 1.165) is 0 Å². The summed E-state index contributed by atoms with van der Waals surface area (Å²) < 4.78 is 29.7. The number of carbonyl (C=O) groups is 1. The van der Waals surface area contributed by atoms with Gasteiger partial charge in [0.2, 0.25) is 5.75 Å². The first-order valence-electron chi connectivity index (χ1n) is 8.63. The van der Waals surface area contributed by atoms with Crippen molar-refractivity contribution in [1.29, 1.82) is 0 Å². The lowest BCUT2D eigenvalue weighted by molar-refractivity contribution is 0.102. The molecule has 3 aromatic rings. The minimum atomic E-state index is -0.403. The van der Waals surface area contributed by atoms with Crippen LogP contribution in [0.1, 0.15) is 10.4 Å². The van der Waals surface area contributed by atoms with Crippen molar-refractivity contribution in [2.24, 2.45) is 0 Å². The van der Waals surface area contributed by atoms with E-state index in [2.05, 4.69) is 15.6 Å². The summed E-state index contributed by atoms with van der Waals surface area (Å²) in [5, 5.41) is 5.67. The average molecular weight is 397 g/mol. The number of para-hydroxylation sites is 1. The van der Waals surface area contributed by atoms with Gasteiger partial charge < -0.3 is 24.8 Å². The summed E-state index contributed by atoms with van der Waals surface area (Å²) in [7, 11) is 4.48. The summed E-state index contributed by atoms with van der Waals surface area (Å²) in [4.78, 5) is 16.7. The van der Waals surface area contributed by atoms with E-state index >= 15 is 0 Å². The second kappa shape index (κ2) is 8.92. The van der Waals surface area contributed by atoms with E-state index in [1.165, 1.54) is 39.8 Å². The van der Waals surface area contributed by atoms with E-state index in [-0.39, 0.29) is 5.69 Å². The van der Waals surface area contributed by atoms with Gasteiger partial charge in [0.15, 0.2) is 11.5 Å². The number of nitrogens with one attached hydrogen (secondary N) is 2. The third-order valence-corrected chi connectivity index (χ3v) is 4.08. The Kier molecular flexibility index (Phi) is 6.13. The van der Waals surface area contributed by atoms with Crippen molar-refractivity contribution in [1.82, 2.24) is 4.98 Å². The van der Waals surface area contributed by atoms with Crippen LogP contribution in [0.5, 0.6) is 17.2 Å². The molecule has 0 aliphatic rings. The van der Waals surface area contributed by atoms with Crippen molar-refractivity contribution in [3.05, 3.63) is 66.2 Å². The molecular weight excluding hydrogens is 377 g/mol. The predicted octanol–water partition coefficient (Wildman–Crippen LogP) is 4.24. The van der Waals surface area contributed by atoms with Crippen LogP contribution in [0.25, 0.3) is 0 Å². The van der Waals surface area contributed by atoms with Gasteiger partial charge in [-0.25, -0.2) is 4.39 Å². The molecular formula is C21H20FN3O4. The van der Waals surface area contributed by atoms with E-state index in [0.29, 0.717) is 34.2 Å². The first kappa shape index (κ1) is 19.9. The number of ether oxygens (including phenoxy) is 3. The van der Waals surface area contributed by atoms with Crippen LogP contribution in [0.4, 0.5) is 21.5 Å². The van der Waals surface area contributed by atoms with Crippen LogP contribution in [0, 0.1) is 5.82 Å². The van der Waals surface area contributed by atoms with E-state index in [1.54, 1.807) is 36.4 Å². The Morgan fingerprint density at radius 1 is 0.931 bits per heavy atom. The number of amides is 1. The summed E-state index contributed by atoms with van der Waals surface area (Å²) in [5.41, 5.74) is 1.51. The maximum atomic E-state index is 13.8. The molecule has 0 radical (unpaired) electrons. The maximum absolute atomic E-state index is 13.8. The molecule has 0 aliphatic heterocycles. The fraction of sp³-hybridized carbons (Fsp3) is 0.143. The molecule has 2 aromatic carbocycles. The average Bonchev–Trinajstić information content (AvgIpc) is 2.74. The van der Waals surface area contributed by atoms with E-state index in [4.69, 9.17) is 14.2 Å². The monoisotopic (exact) mass is 397 g/mol. The summed E-state index contributed by atoms with van der Waals surface area (Å²) in [6, 6.07) is 11.1. The van der Waals surface area contributed by atoms with Gasteiger partial charge >= 0.3 is 0 Å².